The Morgan fingerprint density at radius 1 is 1.29 bits per heavy atom. The summed E-state index contributed by atoms with van der Waals surface area (Å²) in [4.78, 5) is 28.6. The summed E-state index contributed by atoms with van der Waals surface area (Å²) >= 11 is 0. The van der Waals surface area contributed by atoms with Gasteiger partial charge in [0.25, 0.3) is 5.91 Å². The molecule has 1 aliphatic heterocycles. The average molecular weight is 286 g/mol. The molecule has 1 amide bonds. The number of hydrogen-bond acceptors (Lipinski definition) is 5. The zero-order valence-corrected chi connectivity index (χ0v) is 11.7. The molecular weight excluding hydrogens is 272 g/mol. The van der Waals surface area contributed by atoms with Crippen LogP contribution >= 0.6 is 0 Å². The number of anilines is 1. The maximum Gasteiger partial charge on any atom is 0.337 e. The van der Waals surface area contributed by atoms with Crippen LogP contribution in [0.4, 0.5) is 5.95 Å². The fraction of sp³-hybridized carbons (Fsp3) is 0.286. The minimum atomic E-state index is -0.922. The molecule has 108 valence electrons. The highest BCUT2D eigenvalue weighted by Gasteiger charge is 2.37. The maximum atomic E-state index is 12.5. The third-order valence-electron chi connectivity index (χ3n) is 3.22. The summed E-state index contributed by atoms with van der Waals surface area (Å²) in [6, 6.07) is 7.33. The van der Waals surface area contributed by atoms with Crippen LogP contribution in [0.5, 0.6) is 6.01 Å². The molecule has 0 fully saturated rings. The van der Waals surface area contributed by atoms with E-state index in [1.807, 2.05) is 19.1 Å². The molecule has 0 saturated heterocycles. The molecular formula is C14H14N4O3. The minimum absolute atomic E-state index is 0.0747. The van der Waals surface area contributed by atoms with Gasteiger partial charge in [0.15, 0.2) is 0 Å². The zero-order chi connectivity index (χ0) is 15.0. The molecule has 2 heterocycles. The molecule has 1 aromatic carbocycles. The number of amides is 1. The summed E-state index contributed by atoms with van der Waals surface area (Å²) < 4.78 is 6.23. The quantitative estimate of drug-likeness (QED) is 0.861. The van der Waals surface area contributed by atoms with Gasteiger partial charge in [-0.2, -0.15) is 9.67 Å². The number of nitrogens with one attached hydrogen (secondary N) is 1. The molecule has 1 aromatic heterocycles. The topological polar surface area (TPSA) is 86.1 Å². The number of ether oxygens (including phenoxy) is 1. The molecule has 0 aliphatic carbocycles. The van der Waals surface area contributed by atoms with Crippen molar-refractivity contribution >= 4 is 17.8 Å². The van der Waals surface area contributed by atoms with Crippen molar-refractivity contribution in [2.75, 3.05) is 11.9 Å². The molecule has 0 saturated carbocycles. The Labute approximate surface area is 120 Å². The Morgan fingerprint density at radius 3 is 2.67 bits per heavy atom. The smallest absolute Gasteiger partial charge is 0.337 e. The largest absolute Gasteiger partial charge is 0.463 e. The van der Waals surface area contributed by atoms with Crippen molar-refractivity contribution in [3.05, 3.63) is 35.4 Å². The summed E-state index contributed by atoms with van der Waals surface area (Å²) in [6.07, 6.45) is 0. The third kappa shape index (κ3) is 2.26. The van der Waals surface area contributed by atoms with Crippen LogP contribution in [-0.4, -0.2) is 33.2 Å². The van der Waals surface area contributed by atoms with Crippen LogP contribution in [0.15, 0.2) is 24.3 Å². The highest BCUT2D eigenvalue weighted by Crippen LogP contribution is 2.26. The number of rotatable bonds is 3. The molecule has 1 N–H and O–H groups in total. The van der Waals surface area contributed by atoms with Gasteiger partial charge in [-0.25, -0.2) is 0 Å². The number of benzene rings is 1. The minimum Gasteiger partial charge on any atom is -0.463 e. The Balaban J connectivity index is 1.98. The van der Waals surface area contributed by atoms with Gasteiger partial charge in [0.2, 0.25) is 11.9 Å². The number of aryl methyl sites for hydroxylation is 1. The fourth-order valence-corrected chi connectivity index (χ4v) is 2.19. The normalized spacial score (nSPS) is 17.3. The lowest BCUT2D eigenvalue weighted by atomic mass is 9.95. The van der Waals surface area contributed by atoms with Gasteiger partial charge in [0.1, 0.15) is 5.92 Å². The van der Waals surface area contributed by atoms with Crippen molar-refractivity contribution in [1.29, 1.82) is 0 Å². The highest BCUT2D eigenvalue weighted by molar-refractivity contribution is 6.14. The van der Waals surface area contributed by atoms with E-state index in [2.05, 4.69) is 15.4 Å². The summed E-state index contributed by atoms with van der Waals surface area (Å²) in [5.74, 6) is -1.67. The SMILES string of the molecule is CCOc1nc2n(n1)C(=O)C(c1ccc(C)cc1)C(=O)N2. The van der Waals surface area contributed by atoms with Crippen molar-refractivity contribution in [3.8, 4) is 6.01 Å². The van der Waals surface area contributed by atoms with E-state index in [0.29, 0.717) is 12.2 Å². The molecule has 0 spiro atoms. The highest BCUT2D eigenvalue weighted by atomic mass is 16.5. The van der Waals surface area contributed by atoms with Crippen LogP contribution in [0.2, 0.25) is 0 Å². The van der Waals surface area contributed by atoms with Crippen molar-refractivity contribution in [3.63, 3.8) is 0 Å². The predicted octanol–water partition coefficient (Wildman–Crippen LogP) is 1.36. The van der Waals surface area contributed by atoms with E-state index in [0.717, 1.165) is 10.2 Å². The maximum absolute atomic E-state index is 12.5. The van der Waals surface area contributed by atoms with E-state index in [-0.39, 0.29) is 12.0 Å². The summed E-state index contributed by atoms with van der Waals surface area (Å²) in [7, 11) is 0. The molecule has 3 rings (SSSR count). The van der Waals surface area contributed by atoms with E-state index >= 15 is 0 Å². The number of carbonyl (C=O) groups excluding carboxylic acids is 2. The molecule has 1 atom stereocenters. The number of nitrogens with zero attached hydrogens (tertiary/aromatic N) is 3. The first kappa shape index (κ1) is 13.3. The van der Waals surface area contributed by atoms with Gasteiger partial charge in [0, 0.05) is 0 Å². The first-order valence-corrected chi connectivity index (χ1v) is 6.61. The Bertz CT molecular complexity index is 706. The fourth-order valence-electron chi connectivity index (χ4n) is 2.19. The van der Waals surface area contributed by atoms with Gasteiger partial charge in [0.05, 0.1) is 6.61 Å². The van der Waals surface area contributed by atoms with E-state index in [1.165, 1.54) is 0 Å². The first-order valence-electron chi connectivity index (χ1n) is 6.61. The van der Waals surface area contributed by atoms with Crippen LogP contribution in [0.3, 0.4) is 0 Å². The van der Waals surface area contributed by atoms with Gasteiger partial charge in [-0.3, -0.25) is 14.9 Å². The molecule has 1 unspecified atom stereocenters. The summed E-state index contributed by atoms with van der Waals surface area (Å²) in [5, 5.41) is 6.55. The number of hydrogen-bond donors (Lipinski definition) is 1. The summed E-state index contributed by atoms with van der Waals surface area (Å²) in [5.41, 5.74) is 1.68. The van der Waals surface area contributed by atoms with E-state index in [4.69, 9.17) is 4.74 Å². The number of aromatic nitrogens is 3. The molecule has 2 aromatic rings. The molecule has 0 bridgehead atoms. The molecule has 7 nitrogen and oxygen atoms in total. The zero-order valence-electron chi connectivity index (χ0n) is 11.7. The van der Waals surface area contributed by atoms with Crippen molar-refractivity contribution in [2.45, 2.75) is 19.8 Å². The second-order valence-electron chi connectivity index (χ2n) is 4.73. The lowest BCUT2D eigenvalue weighted by Crippen LogP contribution is -2.38. The van der Waals surface area contributed by atoms with Gasteiger partial charge < -0.3 is 4.74 Å². The van der Waals surface area contributed by atoms with Crippen LogP contribution < -0.4 is 10.1 Å². The molecule has 0 radical (unpaired) electrons. The van der Waals surface area contributed by atoms with Gasteiger partial charge in [-0.15, -0.1) is 5.10 Å². The molecule has 21 heavy (non-hydrogen) atoms. The lowest BCUT2D eigenvalue weighted by Gasteiger charge is -2.20. The van der Waals surface area contributed by atoms with Crippen LogP contribution in [-0.2, 0) is 4.79 Å². The first-order chi connectivity index (χ1) is 10.1. The van der Waals surface area contributed by atoms with Gasteiger partial charge in [-0.05, 0) is 19.4 Å². The predicted molar refractivity (Wildman–Crippen MR) is 74.4 cm³/mol. The van der Waals surface area contributed by atoms with Crippen molar-refractivity contribution in [2.24, 2.45) is 0 Å². The Kier molecular flexibility index (Phi) is 3.17. The second kappa shape index (κ2) is 5.01. The standard InChI is InChI=1S/C14H14N4O3/c1-3-21-14-16-13-15-11(19)10(12(20)18(13)17-14)9-6-4-8(2)5-7-9/h4-7,10H,3H2,1-2H3,(H,15,16,17,19). The van der Waals surface area contributed by atoms with E-state index in [9.17, 15) is 9.59 Å². The molecule has 7 heteroatoms. The number of carbonyl (C=O) groups is 2. The third-order valence-corrected chi connectivity index (χ3v) is 3.22. The van der Waals surface area contributed by atoms with Crippen molar-refractivity contribution in [1.82, 2.24) is 14.8 Å². The van der Waals surface area contributed by atoms with Crippen LogP contribution in [0.25, 0.3) is 0 Å². The monoisotopic (exact) mass is 286 g/mol. The van der Waals surface area contributed by atoms with E-state index < -0.39 is 17.7 Å². The average Bonchev–Trinajstić information content (AvgIpc) is 2.84. The van der Waals surface area contributed by atoms with Crippen molar-refractivity contribution < 1.29 is 14.3 Å². The van der Waals surface area contributed by atoms with E-state index in [1.54, 1.807) is 19.1 Å². The lowest BCUT2D eigenvalue weighted by molar-refractivity contribution is -0.117. The molecule has 1 aliphatic rings. The van der Waals surface area contributed by atoms with Crippen LogP contribution in [0.1, 0.15) is 28.8 Å². The second-order valence-corrected chi connectivity index (χ2v) is 4.73. The van der Waals surface area contributed by atoms with Crippen LogP contribution in [0, 0.1) is 6.92 Å². The van der Waals surface area contributed by atoms with Gasteiger partial charge >= 0.3 is 6.01 Å². The summed E-state index contributed by atoms with van der Waals surface area (Å²) in [6.45, 7) is 4.11. The Morgan fingerprint density at radius 2 is 2.00 bits per heavy atom. The van der Waals surface area contributed by atoms with Gasteiger partial charge in [-0.1, -0.05) is 29.8 Å². The number of fused-ring (bicyclic) bond motifs is 1. The Hall–Kier alpha value is -2.70.